The average Bonchev–Trinajstić information content (AvgIpc) is 3.12. The van der Waals surface area contributed by atoms with Gasteiger partial charge in [0.25, 0.3) is 0 Å². The highest BCUT2D eigenvalue weighted by Gasteiger charge is 2.20. The number of rotatable bonds is 4. The fourth-order valence-corrected chi connectivity index (χ4v) is 3.82. The fraction of sp³-hybridized carbons (Fsp3) is 0.200. The van der Waals surface area contributed by atoms with Crippen LogP contribution in [-0.4, -0.2) is 33.5 Å². The standard InChI is InChI=1S/C20H17N3O3S/c1-12(27-13-6-7-17-18(10-13)26-9-8-25-17)19(24)14(11-21)20-22-15-4-2-3-5-16(15)23-20/h2-7,10,12,24H,8-9H2,1H3,(H,22,23)/b19-14-/t12-/m1/s1. The van der Waals surface area contributed by atoms with Crippen LogP contribution in [0, 0.1) is 11.3 Å². The number of aliphatic hydroxyl groups excluding tert-OH is 1. The summed E-state index contributed by atoms with van der Waals surface area (Å²) in [4.78, 5) is 8.42. The number of imidazole rings is 1. The fourth-order valence-electron chi connectivity index (χ4n) is 2.86. The van der Waals surface area contributed by atoms with Crippen LogP contribution in [0.1, 0.15) is 12.7 Å². The van der Waals surface area contributed by atoms with E-state index in [4.69, 9.17) is 9.47 Å². The average molecular weight is 379 g/mol. The van der Waals surface area contributed by atoms with Gasteiger partial charge in [-0.3, -0.25) is 0 Å². The van der Waals surface area contributed by atoms with Crippen LogP contribution in [0.25, 0.3) is 16.6 Å². The third kappa shape index (κ3) is 3.44. The van der Waals surface area contributed by atoms with Gasteiger partial charge in [0.05, 0.1) is 16.3 Å². The highest BCUT2D eigenvalue weighted by molar-refractivity contribution is 8.00. The Morgan fingerprint density at radius 3 is 2.78 bits per heavy atom. The number of aromatic nitrogens is 2. The normalized spacial score (nSPS) is 15.1. The van der Waals surface area contributed by atoms with E-state index in [-0.39, 0.29) is 16.6 Å². The minimum Gasteiger partial charge on any atom is -0.510 e. The maximum atomic E-state index is 10.7. The number of ether oxygens (including phenoxy) is 2. The van der Waals surface area contributed by atoms with Gasteiger partial charge in [0, 0.05) is 4.90 Å². The zero-order valence-corrected chi connectivity index (χ0v) is 15.4. The van der Waals surface area contributed by atoms with Crippen molar-refractivity contribution >= 4 is 28.4 Å². The molecule has 3 aromatic rings. The van der Waals surface area contributed by atoms with Crippen LogP contribution in [0.2, 0.25) is 0 Å². The number of thioether (sulfide) groups is 1. The van der Waals surface area contributed by atoms with Gasteiger partial charge < -0.3 is 19.6 Å². The lowest BCUT2D eigenvalue weighted by atomic mass is 10.2. The molecule has 1 aliphatic heterocycles. The molecule has 0 spiro atoms. The van der Waals surface area contributed by atoms with Crippen LogP contribution in [0.4, 0.5) is 0 Å². The molecule has 136 valence electrons. The van der Waals surface area contributed by atoms with E-state index in [1.807, 2.05) is 49.4 Å². The number of hydrogen-bond acceptors (Lipinski definition) is 6. The molecule has 0 bridgehead atoms. The van der Waals surface area contributed by atoms with Gasteiger partial charge in [-0.2, -0.15) is 5.26 Å². The largest absolute Gasteiger partial charge is 0.510 e. The topological polar surface area (TPSA) is 91.2 Å². The van der Waals surface area contributed by atoms with Crippen LogP contribution >= 0.6 is 11.8 Å². The lowest BCUT2D eigenvalue weighted by Gasteiger charge is -2.19. The molecule has 2 aromatic carbocycles. The summed E-state index contributed by atoms with van der Waals surface area (Å²) < 4.78 is 11.1. The van der Waals surface area contributed by atoms with Crippen molar-refractivity contribution in [3.05, 3.63) is 54.0 Å². The number of nitrogens with one attached hydrogen (secondary N) is 1. The number of fused-ring (bicyclic) bond motifs is 2. The van der Waals surface area contributed by atoms with Gasteiger partial charge in [-0.25, -0.2) is 4.98 Å². The summed E-state index contributed by atoms with van der Waals surface area (Å²) in [5.74, 6) is 1.76. The Balaban J connectivity index is 1.61. The van der Waals surface area contributed by atoms with Crippen molar-refractivity contribution in [2.45, 2.75) is 17.1 Å². The first-order valence-corrected chi connectivity index (χ1v) is 9.38. The van der Waals surface area contributed by atoms with Crippen molar-refractivity contribution in [1.82, 2.24) is 9.97 Å². The number of nitriles is 1. The van der Waals surface area contributed by atoms with Gasteiger partial charge in [0.1, 0.15) is 30.6 Å². The van der Waals surface area contributed by atoms with Crippen LogP contribution in [0.15, 0.2) is 53.1 Å². The maximum Gasteiger partial charge on any atom is 0.162 e. The molecule has 1 aromatic heterocycles. The summed E-state index contributed by atoms with van der Waals surface area (Å²) in [7, 11) is 0. The molecule has 2 N–H and O–H groups in total. The molecule has 0 amide bonds. The number of H-pyrrole nitrogens is 1. The number of benzene rings is 2. The predicted molar refractivity (Wildman–Crippen MR) is 104 cm³/mol. The van der Waals surface area contributed by atoms with E-state index < -0.39 is 0 Å². The summed E-state index contributed by atoms with van der Waals surface area (Å²) in [5.41, 5.74) is 1.71. The Morgan fingerprint density at radius 1 is 1.22 bits per heavy atom. The van der Waals surface area contributed by atoms with E-state index in [1.165, 1.54) is 11.8 Å². The van der Waals surface area contributed by atoms with Crippen molar-refractivity contribution in [2.75, 3.05) is 13.2 Å². The van der Waals surface area contributed by atoms with E-state index in [9.17, 15) is 10.4 Å². The smallest absolute Gasteiger partial charge is 0.162 e. The second-order valence-corrected chi connectivity index (χ2v) is 7.45. The number of nitrogens with zero attached hydrogens (tertiary/aromatic N) is 2. The molecule has 6 nitrogen and oxygen atoms in total. The van der Waals surface area contributed by atoms with Crippen LogP contribution < -0.4 is 9.47 Å². The second kappa shape index (κ2) is 7.25. The van der Waals surface area contributed by atoms with Gasteiger partial charge >= 0.3 is 0 Å². The monoisotopic (exact) mass is 379 g/mol. The summed E-state index contributed by atoms with van der Waals surface area (Å²) in [6.07, 6.45) is 0. The van der Waals surface area contributed by atoms with E-state index in [2.05, 4.69) is 16.0 Å². The number of para-hydroxylation sites is 2. The molecule has 0 saturated carbocycles. The highest BCUT2D eigenvalue weighted by Crippen LogP contribution is 2.37. The SMILES string of the molecule is C[C@@H](Sc1ccc2c(c1)OCCO2)/C(O)=C(\C#N)c1nc2ccccc2[nH]1. The molecule has 2 heterocycles. The second-order valence-electron chi connectivity index (χ2n) is 6.04. The molecular weight excluding hydrogens is 362 g/mol. The Kier molecular flexibility index (Phi) is 4.65. The molecule has 7 heteroatoms. The molecule has 1 aliphatic rings. The van der Waals surface area contributed by atoms with Crippen molar-refractivity contribution < 1.29 is 14.6 Å². The van der Waals surface area contributed by atoms with Gasteiger partial charge in [0.15, 0.2) is 17.3 Å². The number of aliphatic hydroxyl groups is 1. The molecule has 0 aliphatic carbocycles. The maximum absolute atomic E-state index is 10.7. The molecule has 0 fully saturated rings. The van der Waals surface area contributed by atoms with E-state index in [0.29, 0.717) is 24.8 Å². The van der Waals surface area contributed by atoms with Crippen LogP contribution in [-0.2, 0) is 0 Å². The summed E-state index contributed by atoms with van der Waals surface area (Å²) in [6, 6.07) is 15.2. The van der Waals surface area contributed by atoms with E-state index >= 15 is 0 Å². The van der Waals surface area contributed by atoms with Crippen molar-refractivity contribution in [1.29, 1.82) is 5.26 Å². The van der Waals surface area contributed by atoms with Crippen molar-refractivity contribution in [3.63, 3.8) is 0 Å². The quantitative estimate of drug-likeness (QED) is 0.399. The first-order chi connectivity index (χ1) is 13.2. The van der Waals surface area contributed by atoms with Crippen LogP contribution in [0.3, 0.4) is 0 Å². The number of aromatic amines is 1. The third-order valence-electron chi connectivity index (χ3n) is 4.21. The molecular formula is C20H17N3O3S. The van der Waals surface area contributed by atoms with Gasteiger partial charge in [-0.15, -0.1) is 11.8 Å². The molecule has 1 atom stereocenters. The lowest BCUT2D eigenvalue weighted by Crippen LogP contribution is -2.15. The molecule has 0 saturated heterocycles. The van der Waals surface area contributed by atoms with Gasteiger partial charge in [-0.05, 0) is 37.3 Å². The van der Waals surface area contributed by atoms with E-state index in [1.54, 1.807) is 0 Å². The molecule has 4 rings (SSSR count). The molecule has 0 unspecified atom stereocenters. The Labute approximate surface area is 160 Å². The van der Waals surface area contributed by atoms with E-state index in [0.717, 1.165) is 21.7 Å². The zero-order valence-electron chi connectivity index (χ0n) is 14.6. The first-order valence-electron chi connectivity index (χ1n) is 8.50. The minimum absolute atomic E-state index is 0.0172. The summed E-state index contributed by atoms with van der Waals surface area (Å²) in [5, 5.41) is 19.9. The summed E-state index contributed by atoms with van der Waals surface area (Å²) >= 11 is 1.43. The lowest BCUT2D eigenvalue weighted by molar-refractivity contribution is 0.171. The predicted octanol–water partition coefficient (Wildman–Crippen LogP) is 4.31. The number of allylic oxidation sites excluding steroid dienone is 1. The van der Waals surface area contributed by atoms with Gasteiger partial charge in [0.2, 0.25) is 0 Å². The molecule has 27 heavy (non-hydrogen) atoms. The first kappa shape index (κ1) is 17.3. The van der Waals surface area contributed by atoms with Crippen molar-refractivity contribution in [3.8, 4) is 17.6 Å². The Morgan fingerprint density at radius 2 is 2.00 bits per heavy atom. The van der Waals surface area contributed by atoms with Crippen molar-refractivity contribution in [2.24, 2.45) is 0 Å². The highest BCUT2D eigenvalue weighted by atomic mass is 32.2. The third-order valence-corrected chi connectivity index (χ3v) is 5.31. The summed E-state index contributed by atoms with van der Waals surface area (Å²) in [6.45, 7) is 2.91. The van der Waals surface area contributed by atoms with Crippen LogP contribution in [0.5, 0.6) is 11.5 Å². The Hall–Kier alpha value is -3.11. The van der Waals surface area contributed by atoms with Gasteiger partial charge in [-0.1, -0.05) is 12.1 Å². The number of hydrogen-bond donors (Lipinski definition) is 2. The Bertz CT molecular complexity index is 1030. The minimum atomic E-state index is -0.338. The zero-order chi connectivity index (χ0) is 18.8. The molecule has 0 radical (unpaired) electrons.